The van der Waals surface area contributed by atoms with Crippen molar-refractivity contribution in [1.82, 2.24) is 10.2 Å². The molecule has 3 rings (SSSR count). The molecule has 0 aliphatic heterocycles. The fourth-order valence-corrected chi connectivity index (χ4v) is 2.73. The summed E-state index contributed by atoms with van der Waals surface area (Å²) in [5.74, 6) is 0.203. The zero-order valence-corrected chi connectivity index (χ0v) is 13.3. The van der Waals surface area contributed by atoms with Crippen molar-refractivity contribution in [3.05, 3.63) is 57.4 Å². The number of halogens is 3. The van der Waals surface area contributed by atoms with E-state index in [4.69, 9.17) is 11.6 Å². The van der Waals surface area contributed by atoms with Crippen LogP contribution in [0.1, 0.15) is 5.56 Å². The van der Waals surface area contributed by atoms with Gasteiger partial charge >= 0.3 is 0 Å². The predicted molar refractivity (Wildman–Crippen MR) is 86.7 cm³/mol. The van der Waals surface area contributed by atoms with Gasteiger partial charge in [-0.25, -0.2) is 4.39 Å². The van der Waals surface area contributed by atoms with Gasteiger partial charge in [0.15, 0.2) is 11.0 Å². The summed E-state index contributed by atoms with van der Waals surface area (Å²) in [6, 6.07) is 10.7. The predicted octanol–water partition coefficient (Wildman–Crippen LogP) is 5.24. The van der Waals surface area contributed by atoms with E-state index in [9.17, 15) is 4.39 Å². The maximum atomic E-state index is 13.7. The number of benzene rings is 2. The Morgan fingerprint density at radius 1 is 1.14 bits per heavy atom. The first kappa shape index (κ1) is 14.2. The van der Waals surface area contributed by atoms with Crippen molar-refractivity contribution < 1.29 is 4.39 Å². The molecule has 0 saturated carbocycles. The van der Waals surface area contributed by atoms with Crippen LogP contribution in [0.4, 0.5) is 15.9 Å². The highest BCUT2D eigenvalue weighted by Crippen LogP contribution is 2.30. The molecule has 0 spiro atoms. The SMILES string of the molecule is Cc1cc(Br)c(F)cc1Nc1nnc(Cl)c2ccccc12. The van der Waals surface area contributed by atoms with Crippen LogP contribution in [0.2, 0.25) is 5.15 Å². The number of fused-ring (bicyclic) bond motifs is 1. The molecule has 2 aromatic carbocycles. The minimum atomic E-state index is -0.339. The lowest BCUT2D eigenvalue weighted by Crippen LogP contribution is -2.00. The van der Waals surface area contributed by atoms with Crippen LogP contribution in [0, 0.1) is 12.7 Å². The summed E-state index contributed by atoms with van der Waals surface area (Å²) in [5, 5.41) is 13.1. The normalized spacial score (nSPS) is 10.9. The average Bonchev–Trinajstić information content (AvgIpc) is 2.48. The lowest BCUT2D eigenvalue weighted by molar-refractivity contribution is 0.621. The minimum absolute atomic E-state index is 0.339. The summed E-state index contributed by atoms with van der Waals surface area (Å²) in [5.41, 5.74) is 1.53. The van der Waals surface area contributed by atoms with Gasteiger partial charge in [-0.2, -0.15) is 0 Å². The lowest BCUT2D eigenvalue weighted by Gasteiger charge is -2.11. The molecule has 3 aromatic rings. The fourth-order valence-electron chi connectivity index (χ4n) is 2.07. The van der Waals surface area contributed by atoms with Gasteiger partial charge in [0.2, 0.25) is 0 Å². The van der Waals surface area contributed by atoms with Crippen molar-refractivity contribution in [3.8, 4) is 0 Å². The summed E-state index contributed by atoms with van der Waals surface area (Å²) >= 11 is 9.21. The van der Waals surface area contributed by atoms with Gasteiger partial charge in [-0.05, 0) is 40.5 Å². The third kappa shape index (κ3) is 2.71. The molecule has 0 saturated heterocycles. The molecule has 0 unspecified atom stereocenters. The summed E-state index contributed by atoms with van der Waals surface area (Å²) in [4.78, 5) is 0. The van der Waals surface area contributed by atoms with E-state index in [2.05, 4.69) is 31.4 Å². The molecule has 0 aliphatic rings. The molecule has 0 radical (unpaired) electrons. The summed E-state index contributed by atoms with van der Waals surface area (Å²) in [6.45, 7) is 1.89. The maximum absolute atomic E-state index is 13.7. The van der Waals surface area contributed by atoms with E-state index in [-0.39, 0.29) is 5.82 Å². The standard InChI is InChI=1S/C15H10BrClFN3/c1-8-6-11(16)12(18)7-13(8)19-15-10-5-3-2-4-9(10)14(17)20-21-15/h2-7H,1H3,(H,19,21). The Kier molecular flexibility index (Phi) is 3.78. The van der Waals surface area contributed by atoms with Crippen molar-refractivity contribution in [1.29, 1.82) is 0 Å². The molecular weight excluding hydrogens is 357 g/mol. The summed E-state index contributed by atoms with van der Waals surface area (Å²) in [6.07, 6.45) is 0. The Hall–Kier alpha value is -1.72. The Bertz CT molecular complexity index is 839. The smallest absolute Gasteiger partial charge is 0.161 e. The monoisotopic (exact) mass is 365 g/mol. The highest BCUT2D eigenvalue weighted by atomic mass is 79.9. The number of anilines is 2. The van der Waals surface area contributed by atoms with Crippen LogP contribution >= 0.6 is 27.5 Å². The number of nitrogens with one attached hydrogen (secondary N) is 1. The van der Waals surface area contributed by atoms with E-state index in [1.54, 1.807) is 6.07 Å². The van der Waals surface area contributed by atoms with Crippen molar-refractivity contribution in [2.45, 2.75) is 6.92 Å². The van der Waals surface area contributed by atoms with E-state index < -0.39 is 0 Å². The van der Waals surface area contributed by atoms with Crippen LogP contribution in [0.15, 0.2) is 40.9 Å². The highest BCUT2D eigenvalue weighted by Gasteiger charge is 2.10. The first-order valence-electron chi connectivity index (χ1n) is 6.20. The molecule has 1 N–H and O–H groups in total. The first-order valence-corrected chi connectivity index (χ1v) is 7.37. The van der Waals surface area contributed by atoms with Crippen LogP contribution in [0.5, 0.6) is 0 Å². The molecule has 0 atom stereocenters. The molecule has 0 bridgehead atoms. The van der Waals surface area contributed by atoms with Crippen molar-refractivity contribution in [3.63, 3.8) is 0 Å². The second kappa shape index (κ2) is 5.58. The molecule has 3 nitrogen and oxygen atoms in total. The third-order valence-electron chi connectivity index (χ3n) is 3.16. The summed E-state index contributed by atoms with van der Waals surface area (Å²) < 4.78 is 14.1. The molecule has 0 amide bonds. The summed E-state index contributed by atoms with van der Waals surface area (Å²) in [7, 11) is 0. The van der Waals surface area contributed by atoms with E-state index in [0.29, 0.717) is 21.1 Å². The topological polar surface area (TPSA) is 37.8 Å². The van der Waals surface area contributed by atoms with Gasteiger partial charge in [-0.3, -0.25) is 0 Å². The molecule has 1 heterocycles. The van der Waals surface area contributed by atoms with E-state index in [0.717, 1.165) is 16.3 Å². The number of nitrogens with zero attached hydrogens (tertiary/aromatic N) is 2. The average molecular weight is 367 g/mol. The zero-order valence-electron chi connectivity index (χ0n) is 11.0. The molecule has 1 aromatic heterocycles. The number of aromatic nitrogens is 2. The molecule has 6 heteroatoms. The highest BCUT2D eigenvalue weighted by molar-refractivity contribution is 9.10. The first-order chi connectivity index (χ1) is 10.1. The molecule has 0 aliphatic carbocycles. The number of hydrogen-bond donors (Lipinski definition) is 1. The van der Waals surface area contributed by atoms with Crippen LogP contribution in [0.3, 0.4) is 0 Å². The fraction of sp³-hybridized carbons (Fsp3) is 0.0667. The lowest BCUT2D eigenvalue weighted by atomic mass is 10.1. The zero-order chi connectivity index (χ0) is 15.0. The Morgan fingerprint density at radius 3 is 2.62 bits per heavy atom. The van der Waals surface area contributed by atoms with Gasteiger partial charge in [0, 0.05) is 16.5 Å². The van der Waals surface area contributed by atoms with Crippen molar-refractivity contribution in [2.75, 3.05) is 5.32 Å². The molecular formula is C15H10BrClFN3. The number of aryl methyl sites for hydroxylation is 1. The van der Waals surface area contributed by atoms with E-state index >= 15 is 0 Å². The molecule has 21 heavy (non-hydrogen) atoms. The van der Waals surface area contributed by atoms with E-state index in [1.165, 1.54) is 6.07 Å². The van der Waals surface area contributed by atoms with Gasteiger partial charge in [-0.15, -0.1) is 10.2 Å². The number of hydrogen-bond acceptors (Lipinski definition) is 3. The van der Waals surface area contributed by atoms with E-state index in [1.807, 2.05) is 31.2 Å². The van der Waals surface area contributed by atoms with Crippen LogP contribution in [-0.4, -0.2) is 10.2 Å². The largest absolute Gasteiger partial charge is 0.338 e. The quantitative estimate of drug-likeness (QED) is 0.674. The molecule has 106 valence electrons. The Morgan fingerprint density at radius 2 is 1.86 bits per heavy atom. The van der Waals surface area contributed by atoms with Crippen LogP contribution in [0.25, 0.3) is 10.8 Å². The van der Waals surface area contributed by atoms with Gasteiger partial charge in [0.25, 0.3) is 0 Å². The minimum Gasteiger partial charge on any atom is -0.338 e. The maximum Gasteiger partial charge on any atom is 0.161 e. The van der Waals surface area contributed by atoms with Gasteiger partial charge < -0.3 is 5.32 Å². The van der Waals surface area contributed by atoms with Crippen molar-refractivity contribution in [2.24, 2.45) is 0 Å². The third-order valence-corrected chi connectivity index (χ3v) is 4.05. The van der Waals surface area contributed by atoms with Gasteiger partial charge in [0.05, 0.1) is 4.47 Å². The van der Waals surface area contributed by atoms with Gasteiger partial charge in [0.1, 0.15) is 5.82 Å². The van der Waals surface area contributed by atoms with Crippen molar-refractivity contribution >= 4 is 49.8 Å². The number of rotatable bonds is 2. The second-order valence-corrected chi connectivity index (χ2v) is 5.80. The van der Waals surface area contributed by atoms with Crippen LogP contribution < -0.4 is 5.32 Å². The second-order valence-electron chi connectivity index (χ2n) is 4.59. The Labute approximate surface area is 134 Å². The van der Waals surface area contributed by atoms with Gasteiger partial charge in [-0.1, -0.05) is 35.9 Å². The Balaban J connectivity index is 2.11. The molecule has 0 fully saturated rings. The van der Waals surface area contributed by atoms with Crippen LogP contribution in [-0.2, 0) is 0 Å².